The minimum Gasteiger partial charge on any atom is -0.355 e. The van der Waals surface area contributed by atoms with Crippen molar-refractivity contribution in [3.05, 3.63) is 57.1 Å². The van der Waals surface area contributed by atoms with Gasteiger partial charge in [0.05, 0.1) is 15.6 Å². The van der Waals surface area contributed by atoms with Crippen molar-refractivity contribution in [1.82, 2.24) is 5.32 Å². The lowest BCUT2D eigenvalue weighted by Gasteiger charge is -2.18. The Balaban J connectivity index is 1.91. The predicted molar refractivity (Wildman–Crippen MR) is 123 cm³/mol. The van der Waals surface area contributed by atoms with E-state index in [-0.39, 0.29) is 16.8 Å². The van der Waals surface area contributed by atoms with Crippen molar-refractivity contribution >= 4 is 58.3 Å². The minimum atomic E-state index is -0.362. The van der Waals surface area contributed by atoms with Crippen LogP contribution in [0, 0.1) is 0 Å². The summed E-state index contributed by atoms with van der Waals surface area (Å²) in [6.07, 6.45) is 2.82. The molecule has 0 radical (unpaired) electrons. The van der Waals surface area contributed by atoms with Gasteiger partial charge >= 0.3 is 0 Å². The van der Waals surface area contributed by atoms with Gasteiger partial charge in [0.25, 0.3) is 11.8 Å². The van der Waals surface area contributed by atoms with E-state index < -0.39 is 0 Å². The molecule has 2 aromatic carbocycles. The lowest BCUT2D eigenvalue weighted by atomic mass is 10.0. The third-order valence-corrected chi connectivity index (χ3v) is 6.56. The largest absolute Gasteiger partial charge is 0.355 e. The number of aryl methyl sites for hydroxylation is 1. The molecule has 0 spiro atoms. The fraction of sp³-hybridized carbons (Fsp3) is 0.333. The van der Waals surface area contributed by atoms with Crippen LogP contribution in [0.3, 0.4) is 0 Å². The van der Waals surface area contributed by atoms with E-state index in [0.717, 1.165) is 42.8 Å². The lowest BCUT2D eigenvalue weighted by molar-refractivity contribution is 0.0961. The Bertz CT molecular complexity index is 930. The van der Waals surface area contributed by atoms with Crippen molar-refractivity contribution in [3.8, 4) is 0 Å². The molecule has 29 heavy (non-hydrogen) atoms. The van der Waals surface area contributed by atoms with Gasteiger partial charge in [-0.2, -0.15) is 0 Å². The average molecular weight is 452 g/mol. The van der Waals surface area contributed by atoms with Crippen molar-refractivity contribution in [2.24, 2.45) is 0 Å². The number of carbonyl (C=O) groups is 2. The zero-order valence-electron chi connectivity index (χ0n) is 16.4. The molecule has 0 aliphatic carbocycles. The highest BCUT2D eigenvalue weighted by atomic mass is 35.5. The van der Waals surface area contributed by atoms with Gasteiger partial charge in [0.15, 0.2) is 0 Å². The standard InChI is InChI=1S/C21H23Cl2N3O2S/c1-3-5-13-8-14(20(27)24-2)10-15(9-13)25-21(28)17-11-16(12-18(22)19(17)23)26-6-4-7-29-26/h8-12H,3-7H2,1-2H3,(H,24,27)(H,25,28). The van der Waals surface area contributed by atoms with Gasteiger partial charge in [0, 0.05) is 36.3 Å². The van der Waals surface area contributed by atoms with E-state index >= 15 is 0 Å². The second-order valence-electron chi connectivity index (χ2n) is 6.78. The molecule has 3 rings (SSSR count). The quantitative estimate of drug-likeness (QED) is 0.575. The third kappa shape index (κ3) is 5.18. The van der Waals surface area contributed by atoms with Crippen LogP contribution < -0.4 is 14.9 Å². The van der Waals surface area contributed by atoms with Crippen molar-refractivity contribution < 1.29 is 9.59 Å². The van der Waals surface area contributed by atoms with E-state index in [1.165, 1.54) is 0 Å². The van der Waals surface area contributed by atoms with Crippen LogP contribution in [0.1, 0.15) is 46.0 Å². The molecule has 1 aliphatic rings. The molecule has 0 atom stereocenters. The maximum atomic E-state index is 13.0. The lowest BCUT2D eigenvalue weighted by Crippen LogP contribution is -2.19. The van der Waals surface area contributed by atoms with Crippen LogP contribution in [0.5, 0.6) is 0 Å². The number of nitrogens with one attached hydrogen (secondary N) is 2. The highest BCUT2D eigenvalue weighted by Crippen LogP contribution is 2.36. The number of anilines is 2. The summed E-state index contributed by atoms with van der Waals surface area (Å²) in [6, 6.07) is 8.92. The van der Waals surface area contributed by atoms with Gasteiger partial charge in [-0.1, -0.05) is 36.5 Å². The number of hydrogen-bond donors (Lipinski definition) is 2. The predicted octanol–water partition coefficient (Wildman–Crippen LogP) is 5.42. The molecule has 1 saturated heterocycles. The van der Waals surface area contributed by atoms with Crippen molar-refractivity contribution in [3.63, 3.8) is 0 Å². The molecule has 0 bridgehead atoms. The first-order valence-electron chi connectivity index (χ1n) is 9.49. The molecular weight excluding hydrogens is 429 g/mol. The number of benzene rings is 2. The van der Waals surface area contributed by atoms with Gasteiger partial charge in [-0.05, 0) is 60.7 Å². The summed E-state index contributed by atoms with van der Waals surface area (Å²) >= 11 is 14.3. The monoisotopic (exact) mass is 451 g/mol. The average Bonchev–Trinajstić information content (AvgIpc) is 3.24. The zero-order valence-corrected chi connectivity index (χ0v) is 18.7. The summed E-state index contributed by atoms with van der Waals surface area (Å²) in [5, 5.41) is 6.05. The molecule has 8 heteroatoms. The second-order valence-corrected chi connectivity index (χ2v) is 8.67. The van der Waals surface area contributed by atoms with Crippen LogP contribution in [0.25, 0.3) is 0 Å². The van der Waals surface area contributed by atoms with E-state index in [2.05, 4.69) is 21.9 Å². The molecule has 2 amide bonds. The van der Waals surface area contributed by atoms with Crippen LogP contribution >= 0.6 is 35.1 Å². The molecule has 1 aliphatic heterocycles. The highest BCUT2D eigenvalue weighted by Gasteiger charge is 2.20. The van der Waals surface area contributed by atoms with Gasteiger partial charge in [0.1, 0.15) is 0 Å². The number of carbonyl (C=O) groups excluding carboxylic acids is 2. The summed E-state index contributed by atoms with van der Waals surface area (Å²) < 4.78 is 2.12. The summed E-state index contributed by atoms with van der Waals surface area (Å²) in [7, 11) is 1.58. The summed E-state index contributed by atoms with van der Waals surface area (Å²) in [6.45, 7) is 2.96. The van der Waals surface area contributed by atoms with Gasteiger partial charge in [-0.25, -0.2) is 0 Å². The van der Waals surface area contributed by atoms with Crippen LogP contribution in [0.4, 0.5) is 11.4 Å². The van der Waals surface area contributed by atoms with E-state index in [4.69, 9.17) is 23.2 Å². The topological polar surface area (TPSA) is 61.4 Å². The maximum absolute atomic E-state index is 13.0. The smallest absolute Gasteiger partial charge is 0.257 e. The van der Waals surface area contributed by atoms with Crippen molar-refractivity contribution in [1.29, 1.82) is 0 Å². The normalized spacial score (nSPS) is 13.4. The Kier molecular flexibility index (Phi) is 7.33. The van der Waals surface area contributed by atoms with Crippen LogP contribution in [0.15, 0.2) is 30.3 Å². The number of amides is 2. The SMILES string of the molecule is CCCc1cc(NC(=O)c2cc(N3CCCS3)cc(Cl)c2Cl)cc(C(=O)NC)c1. The van der Waals surface area contributed by atoms with E-state index in [1.54, 1.807) is 37.2 Å². The summed E-state index contributed by atoms with van der Waals surface area (Å²) in [5.41, 5.74) is 3.20. The van der Waals surface area contributed by atoms with E-state index in [1.807, 2.05) is 12.1 Å². The molecule has 5 nitrogen and oxygen atoms in total. The van der Waals surface area contributed by atoms with Crippen molar-refractivity contribution in [2.75, 3.05) is 29.0 Å². The Labute approximate surface area is 185 Å². The molecule has 2 aromatic rings. The van der Waals surface area contributed by atoms with Gasteiger partial charge in [0.2, 0.25) is 0 Å². The molecule has 1 fully saturated rings. The highest BCUT2D eigenvalue weighted by molar-refractivity contribution is 8.00. The minimum absolute atomic E-state index is 0.201. The maximum Gasteiger partial charge on any atom is 0.257 e. The molecule has 2 N–H and O–H groups in total. The van der Waals surface area contributed by atoms with E-state index in [0.29, 0.717) is 21.8 Å². The van der Waals surface area contributed by atoms with Crippen LogP contribution in [-0.4, -0.2) is 31.2 Å². The van der Waals surface area contributed by atoms with Gasteiger partial charge < -0.3 is 14.9 Å². The molecule has 0 aromatic heterocycles. The van der Waals surface area contributed by atoms with Crippen LogP contribution in [0.2, 0.25) is 10.0 Å². The number of hydrogen-bond acceptors (Lipinski definition) is 4. The molecular formula is C21H23Cl2N3O2S. The summed E-state index contributed by atoms with van der Waals surface area (Å²) in [4.78, 5) is 25.1. The number of rotatable bonds is 6. The number of halogens is 2. The summed E-state index contributed by atoms with van der Waals surface area (Å²) in [5.74, 6) is 0.473. The second kappa shape index (κ2) is 9.74. The Morgan fingerprint density at radius 3 is 2.59 bits per heavy atom. The Morgan fingerprint density at radius 2 is 1.93 bits per heavy atom. The van der Waals surface area contributed by atoms with Gasteiger partial charge in [-0.3, -0.25) is 9.59 Å². The molecule has 0 unspecified atom stereocenters. The number of nitrogens with zero attached hydrogens (tertiary/aromatic N) is 1. The molecule has 0 saturated carbocycles. The molecule has 154 valence electrons. The zero-order chi connectivity index (χ0) is 21.0. The van der Waals surface area contributed by atoms with Crippen LogP contribution in [-0.2, 0) is 6.42 Å². The third-order valence-electron chi connectivity index (χ3n) is 4.58. The van der Waals surface area contributed by atoms with Crippen molar-refractivity contribution in [2.45, 2.75) is 26.2 Å². The first-order chi connectivity index (χ1) is 13.9. The fourth-order valence-corrected chi connectivity index (χ4v) is 4.61. The Hall–Kier alpha value is -1.89. The molecule has 1 heterocycles. The first kappa shape index (κ1) is 21.8. The van der Waals surface area contributed by atoms with Gasteiger partial charge in [-0.15, -0.1) is 0 Å². The fourth-order valence-electron chi connectivity index (χ4n) is 3.21. The Morgan fingerprint density at radius 1 is 1.14 bits per heavy atom. The van der Waals surface area contributed by atoms with E-state index in [9.17, 15) is 9.59 Å². The first-order valence-corrected chi connectivity index (χ1v) is 11.2.